The van der Waals surface area contributed by atoms with Crippen LogP contribution in [0.2, 0.25) is 0 Å². The van der Waals surface area contributed by atoms with Crippen molar-refractivity contribution in [2.45, 2.75) is 31.8 Å². The van der Waals surface area contributed by atoms with Crippen LogP contribution in [0.1, 0.15) is 36.3 Å². The van der Waals surface area contributed by atoms with E-state index in [2.05, 4.69) is 22.0 Å². The monoisotopic (exact) mass is 511 g/mol. The van der Waals surface area contributed by atoms with Gasteiger partial charge in [-0.25, -0.2) is 4.39 Å². The van der Waals surface area contributed by atoms with Gasteiger partial charge in [0.05, 0.1) is 29.1 Å². The number of ether oxygens (including phenoxy) is 2. The average Bonchev–Trinajstić information content (AvgIpc) is 2.81. The zero-order chi connectivity index (χ0) is 23.7. The summed E-state index contributed by atoms with van der Waals surface area (Å²) in [7, 11) is 3.32. The average molecular weight is 512 g/mol. The molecule has 2 aromatic rings. The van der Waals surface area contributed by atoms with Gasteiger partial charge in [0.25, 0.3) is 0 Å². The quantitative estimate of drug-likeness (QED) is 0.613. The Morgan fingerprint density at radius 3 is 2.67 bits per heavy atom. The highest BCUT2D eigenvalue weighted by Gasteiger charge is 2.39. The molecule has 1 atom stereocenters. The fourth-order valence-corrected chi connectivity index (χ4v) is 4.95. The molecule has 2 aromatic carbocycles. The largest absolute Gasteiger partial charge is 0.493 e. The SMILES string of the molecule is COc1cc([C@H]2C(C#N)=C(N)N(C)C3=C2C(=O)CCC3)cc(Br)c1OCc1ccc(F)cc1. The normalized spacial score (nSPS) is 18.2. The van der Waals surface area contributed by atoms with Crippen LogP contribution in [-0.2, 0) is 11.4 Å². The third-order valence-electron chi connectivity index (χ3n) is 6.05. The van der Waals surface area contributed by atoms with Gasteiger partial charge in [-0.05, 0) is 64.2 Å². The number of carbonyl (C=O) groups excluding carboxylic acids is 1. The summed E-state index contributed by atoms with van der Waals surface area (Å²) in [6.07, 6.45) is 1.93. The number of hydrogen-bond acceptors (Lipinski definition) is 6. The van der Waals surface area contributed by atoms with E-state index in [1.807, 2.05) is 6.07 Å². The van der Waals surface area contributed by atoms with Crippen LogP contribution in [0.25, 0.3) is 0 Å². The van der Waals surface area contributed by atoms with Gasteiger partial charge in [0.15, 0.2) is 17.3 Å². The van der Waals surface area contributed by atoms with Crippen molar-refractivity contribution in [1.82, 2.24) is 4.90 Å². The molecule has 2 aliphatic rings. The lowest BCUT2D eigenvalue weighted by Gasteiger charge is -2.37. The van der Waals surface area contributed by atoms with Crippen LogP contribution in [0.4, 0.5) is 4.39 Å². The molecule has 1 aliphatic carbocycles. The number of ketones is 1. The number of Topliss-reactive ketones (excluding diaryl/α,β-unsaturated/α-hetero) is 1. The summed E-state index contributed by atoms with van der Waals surface area (Å²) in [5.74, 6) is 0.402. The first-order chi connectivity index (χ1) is 15.8. The van der Waals surface area contributed by atoms with E-state index in [0.717, 1.165) is 24.1 Å². The Morgan fingerprint density at radius 1 is 1.27 bits per heavy atom. The van der Waals surface area contributed by atoms with E-state index in [1.165, 1.54) is 19.2 Å². The van der Waals surface area contributed by atoms with E-state index in [1.54, 1.807) is 30.1 Å². The van der Waals surface area contributed by atoms with Gasteiger partial charge in [-0.1, -0.05) is 12.1 Å². The molecule has 0 radical (unpaired) electrons. The van der Waals surface area contributed by atoms with Crippen molar-refractivity contribution in [3.8, 4) is 17.6 Å². The lowest BCUT2D eigenvalue weighted by molar-refractivity contribution is -0.116. The van der Waals surface area contributed by atoms with E-state index in [-0.39, 0.29) is 18.2 Å². The Bertz CT molecular complexity index is 1210. The van der Waals surface area contributed by atoms with Gasteiger partial charge < -0.3 is 20.1 Å². The molecule has 4 rings (SSSR count). The highest BCUT2D eigenvalue weighted by atomic mass is 79.9. The van der Waals surface area contributed by atoms with Gasteiger partial charge in [-0.3, -0.25) is 4.79 Å². The summed E-state index contributed by atoms with van der Waals surface area (Å²) in [4.78, 5) is 14.7. The van der Waals surface area contributed by atoms with Gasteiger partial charge in [-0.2, -0.15) is 5.26 Å². The molecule has 0 unspecified atom stereocenters. The van der Waals surface area contributed by atoms with E-state index < -0.39 is 5.92 Å². The number of benzene rings is 2. The van der Waals surface area contributed by atoms with Crippen LogP contribution in [-0.4, -0.2) is 24.8 Å². The number of nitrogens with two attached hydrogens (primary N) is 1. The minimum absolute atomic E-state index is 0.0278. The molecule has 0 spiro atoms. The molecular weight excluding hydrogens is 489 g/mol. The van der Waals surface area contributed by atoms with Crippen LogP contribution >= 0.6 is 15.9 Å². The topological polar surface area (TPSA) is 88.6 Å². The van der Waals surface area contributed by atoms with Gasteiger partial charge in [0, 0.05) is 24.7 Å². The second-order valence-electron chi connectivity index (χ2n) is 7.99. The molecule has 0 aromatic heterocycles. The number of nitrogens with zero attached hydrogens (tertiary/aromatic N) is 2. The molecule has 0 saturated heterocycles. The number of rotatable bonds is 5. The molecule has 1 aliphatic heterocycles. The van der Waals surface area contributed by atoms with E-state index in [9.17, 15) is 14.4 Å². The maximum Gasteiger partial charge on any atom is 0.175 e. The summed E-state index contributed by atoms with van der Waals surface area (Å²) in [6, 6.07) is 11.9. The molecule has 0 fully saturated rings. The number of nitriles is 1. The number of halogens is 2. The molecular formula is C25H23BrFN3O3. The zero-order valence-electron chi connectivity index (χ0n) is 18.3. The Morgan fingerprint density at radius 2 is 2.00 bits per heavy atom. The number of methoxy groups -OCH3 is 1. The number of carbonyl (C=O) groups is 1. The van der Waals surface area contributed by atoms with Crippen molar-refractivity contribution in [2.75, 3.05) is 14.2 Å². The lowest BCUT2D eigenvalue weighted by atomic mass is 9.76. The van der Waals surface area contributed by atoms with Crippen LogP contribution in [0.15, 0.2) is 63.5 Å². The minimum atomic E-state index is -0.578. The molecule has 170 valence electrons. The summed E-state index contributed by atoms with van der Waals surface area (Å²) < 4.78 is 25.3. The summed E-state index contributed by atoms with van der Waals surface area (Å²) >= 11 is 3.56. The third kappa shape index (κ3) is 4.21. The summed E-state index contributed by atoms with van der Waals surface area (Å²) in [5, 5.41) is 9.92. The maximum absolute atomic E-state index is 13.2. The zero-order valence-corrected chi connectivity index (χ0v) is 19.9. The van der Waals surface area contributed by atoms with Gasteiger partial charge in [0.2, 0.25) is 0 Å². The summed E-state index contributed by atoms with van der Waals surface area (Å²) in [6.45, 7) is 0.215. The van der Waals surface area contributed by atoms with Gasteiger partial charge in [-0.15, -0.1) is 0 Å². The van der Waals surface area contributed by atoms with Crippen molar-refractivity contribution in [1.29, 1.82) is 5.26 Å². The molecule has 0 bridgehead atoms. The molecule has 0 saturated carbocycles. The van der Waals surface area contributed by atoms with E-state index >= 15 is 0 Å². The first-order valence-electron chi connectivity index (χ1n) is 10.5. The first-order valence-corrected chi connectivity index (χ1v) is 11.3. The van der Waals surface area contributed by atoms with Gasteiger partial charge in [0.1, 0.15) is 18.2 Å². The summed E-state index contributed by atoms with van der Waals surface area (Å²) in [5.41, 5.74) is 9.64. The van der Waals surface area contributed by atoms with Crippen LogP contribution < -0.4 is 15.2 Å². The highest BCUT2D eigenvalue weighted by molar-refractivity contribution is 9.10. The predicted octanol–water partition coefficient (Wildman–Crippen LogP) is 4.91. The Labute approximate surface area is 200 Å². The highest BCUT2D eigenvalue weighted by Crippen LogP contribution is 2.47. The molecule has 2 N–H and O–H groups in total. The fourth-order valence-electron chi connectivity index (χ4n) is 4.38. The molecule has 6 nitrogen and oxygen atoms in total. The van der Waals surface area contributed by atoms with Crippen LogP contribution in [0.5, 0.6) is 11.5 Å². The molecule has 8 heteroatoms. The Balaban J connectivity index is 1.75. The maximum atomic E-state index is 13.2. The van der Waals surface area contributed by atoms with Crippen molar-refractivity contribution in [2.24, 2.45) is 5.73 Å². The second-order valence-corrected chi connectivity index (χ2v) is 8.84. The second kappa shape index (κ2) is 9.28. The minimum Gasteiger partial charge on any atom is -0.493 e. The molecule has 0 amide bonds. The molecule has 1 heterocycles. The van der Waals surface area contributed by atoms with Crippen molar-refractivity contribution in [3.05, 3.63) is 80.5 Å². The fraction of sp³-hybridized carbons (Fsp3) is 0.280. The Hall–Kier alpha value is -3.31. The van der Waals surface area contributed by atoms with E-state index in [0.29, 0.717) is 44.9 Å². The van der Waals surface area contributed by atoms with Gasteiger partial charge >= 0.3 is 0 Å². The lowest BCUT2D eigenvalue weighted by Crippen LogP contribution is -2.36. The third-order valence-corrected chi connectivity index (χ3v) is 6.64. The number of allylic oxidation sites excluding steroid dienone is 3. The Kier molecular flexibility index (Phi) is 6.43. The van der Waals surface area contributed by atoms with Crippen molar-refractivity contribution in [3.63, 3.8) is 0 Å². The number of hydrogen-bond donors (Lipinski definition) is 1. The van der Waals surface area contributed by atoms with Crippen molar-refractivity contribution >= 4 is 21.7 Å². The standard InChI is InChI=1S/C25H23BrFN3O3/c1-30-19-4-3-5-20(31)23(19)22(17(12-28)25(30)29)15-10-18(26)24(21(11-15)32-2)33-13-14-6-8-16(27)9-7-14/h6-11,22H,3-5,13,29H2,1-2H3/t22-/m0/s1. The van der Waals surface area contributed by atoms with E-state index in [4.69, 9.17) is 15.2 Å². The predicted molar refractivity (Wildman–Crippen MR) is 125 cm³/mol. The van der Waals surface area contributed by atoms with Crippen molar-refractivity contribution < 1.29 is 18.7 Å². The van der Waals surface area contributed by atoms with Crippen LogP contribution in [0.3, 0.4) is 0 Å². The molecule has 33 heavy (non-hydrogen) atoms. The first kappa shape index (κ1) is 22.9. The van der Waals surface area contributed by atoms with Crippen LogP contribution in [0, 0.1) is 17.1 Å². The smallest absolute Gasteiger partial charge is 0.175 e.